The summed E-state index contributed by atoms with van der Waals surface area (Å²) in [5.74, 6) is -1.00. The molecule has 10 heteroatoms. The SMILES string of the molecule is Cc1ccc(OCC(=O)N(C)[C@H]2CCS(=O)(=O)C2)c([N+](=O)[O-])n1. The Morgan fingerprint density at radius 3 is 2.78 bits per heavy atom. The topological polar surface area (TPSA) is 120 Å². The molecule has 1 aromatic rings. The summed E-state index contributed by atoms with van der Waals surface area (Å²) in [6.45, 7) is 1.19. The average Bonchev–Trinajstić information content (AvgIpc) is 2.84. The number of pyridine rings is 1. The number of aryl methyl sites for hydroxylation is 1. The van der Waals surface area contributed by atoms with Gasteiger partial charge in [-0.2, -0.15) is 0 Å². The van der Waals surface area contributed by atoms with Crippen molar-refractivity contribution in [3.8, 4) is 5.75 Å². The van der Waals surface area contributed by atoms with Crippen molar-refractivity contribution in [3.63, 3.8) is 0 Å². The van der Waals surface area contributed by atoms with E-state index < -0.39 is 33.1 Å². The Hall–Kier alpha value is -2.23. The lowest BCUT2D eigenvalue weighted by molar-refractivity contribution is -0.390. The first-order valence-corrected chi connectivity index (χ1v) is 8.72. The van der Waals surface area contributed by atoms with Gasteiger partial charge in [-0.1, -0.05) is 0 Å². The molecule has 1 aliphatic rings. The Bertz CT molecular complexity index is 733. The van der Waals surface area contributed by atoms with Gasteiger partial charge in [0.1, 0.15) is 5.69 Å². The van der Waals surface area contributed by atoms with Crippen LogP contribution in [0.15, 0.2) is 12.1 Å². The van der Waals surface area contributed by atoms with Crippen molar-refractivity contribution in [1.29, 1.82) is 0 Å². The molecule has 0 unspecified atom stereocenters. The number of carbonyl (C=O) groups excluding carboxylic acids is 1. The predicted octanol–water partition coefficient (Wildman–Crippen LogP) is 0.323. The molecule has 1 aliphatic heterocycles. The predicted molar refractivity (Wildman–Crippen MR) is 81.0 cm³/mol. The highest BCUT2D eigenvalue weighted by molar-refractivity contribution is 7.91. The van der Waals surface area contributed by atoms with Crippen LogP contribution in [0.3, 0.4) is 0 Å². The van der Waals surface area contributed by atoms with Gasteiger partial charge in [0.15, 0.2) is 16.4 Å². The highest BCUT2D eigenvalue weighted by Gasteiger charge is 2.33. The smallest absolute Gasteiger partial charge is 0.406 e. The Morgan fingerprint density at radius 1 is 1.52 bits per heavy atom. The van der Waals surface area contributed by atoms with Gasteiger partial charge in [0.25, 0.3) is 5.91 Å². The van der Waals surface area contributed by atoms with Crippen LogP contribution in [-0.4, -0.2) is 60.3 Å². The number of aromatic nitrogens is 1. The van der Waals surface area contributed by atoms with Crippen LogP contribution in [0.5, 0.6) is 5.75 Å². The first kappa shape index (κ1) is 17.1. The van der Waals surface area contributed by atoms with E-state index in [1.54, 1.807) is 13.0 Å². The normalized spacial score (nSPS) is 19.3. The molecular formula is C13H17N3O6S. The van der Waals surface area contributed by atoms with Gasteiger partial charge in [-0.05, 0) is 28.5 Å². The van der Waals surface area contributed by atoms with E-state index in [0.29, 0.717) is 12.1 Å². The second-order valence-corrected chi connectivity index (χ2v) is 7.61. The fraction of sp³-hybridized carbons (Fsp3) is 0.538. The van der Waals surface area contributed by atoms with E-state index >= 15 is 0 Å². The van der Waals surface area contributed by atoms with Gasteiger partial charge in [-0.3, -0.25) is 4.79 Å². The van der Waals surface area contributed by atoms with E-state index in [9.17, 15) is 23.3 Å². The minimum absolute atomic E-state index is 0.0590. The van der Waals surface area contributed by atoms with Gasteiger partial charge in [0, 0.05) is 20.0 Å². The zero-order valence-electron chi connectivity index (χ0n) is 12.8. The molecule has 23 heavy (non-hydrogen) atoms. The number of hydrogen-bond donors (Lipinski definition) is 0. The fourth-order valence-electron chi connectivity index (χ4n) is 2.30. The third-order valence-corrected chi connectivity index (χ3v) is 5.40. The minimum Gasteiger partial charge on any atom is -0.476 e. The van der Waals surface area contributed by atoms with E-state index in [1.165, 1.54) is 18.0 Å². The van der Waals surface area contributed by atoms with Gasteiger partial charge >= 0.3 is 5.82 Å². The van der Waals surface area contributed by atoms with E-state index in [1.807, 2.05) is 0 Å². The zero-order chi connectivity index (χ0) is 17.2. The molecule has 1 fully saturated rings. The molecule has 0 aliphatic carbocycles. The molecule has 0 saturated carbocycles. The summed E-state index contributed by atoms with van der Waals surface area (Å²) in [6.07, 6.45) is 0.386. The number of nitrogens with zero attached hydrogens (tertiary/aromatic N) is 3. The molecule has 1 amide bonds. The number of carbonyl (C=O) groups is 1. The van der Waals surface area contributed by atoms with Gasteiger partial charge in [-0.25, -0.2) is 8.42 Å². The summed E-state index contributed by atoms with van der Waals surface area (Å²) in [4.78, 5) is 27.4. The van der Waals surface area contributed by atoms with E-state index in [-0.39, 0.29) is 23.3 Å². The van der Waals surface area contributed by atoms with E-state index in [2.05, 4.69) is 4.98 Å². The van der Waals surface area contributed by atoms with Crippen molar-refractivity contribution < 1.29 is 22.9 Å². The molecule has 0 N–H and O–H groups in total. The Balaban J connectivity index is 2.01. The molecule has 1 saturated heterocycles. The van der Waals surface area contributed by atoms with Gasteiger partial charge in [-0.15, -0.1) is 0 Å². The summed E-state index contributed by atoms with van der Waals surface area (Å²) in [5.41, 5.74) is 0.462. The number of ether oxygens (including phenoxy) is 1. The maximum atomic E-state index is 12.1. The summed E-state index contributed by atoms with van der Waals surface area (Å²) in [6, 6.07) is 2.54. The van der Waals surface area contributed by atoms with Gasteiger partial charge in [0.2, 0.25) is 5.75 Å². The quantitative estimate of drug-likeness (QED) is 0.558. The summed E-state index contributed by atoms with van der Waals surface area (Å²) in [7, 11) is -1.60. The number of nitro groups is 1. The first-order chi connectivity index (χ1) is 10.7. The second-order valence-electron chi connectivity index (χ2n) is 5.38. The number of likely N-dealkylation sites (N-methyl/N-ethyl adjacent to an activating group) is 1. The van der Waals surface area contributed by atoms with Gasteiger partial charge < -0.3 is 19.8 Å². The van der Waals surface area contributed by atoms with E-state index in [4.69, 9.17) is 4.74 Å². The Labute approximate surface area is 133 Å². The lowest BCUT2D eigenvalue weighted by Gasteiger charge is -2.23. The van der Waals surface area contributed by atoms with Crippen LogP contribution in [0.1, 0.15) is 12.1 Å². The number of amides is 1. The van der Waals surface area contributed by atoms with Crippen LogP contribution < -0.4 is 4.74 Å². The second kappa shape index (κ2) is 6.49. The van der Waals surface area contributed by atoms with Crippen LogP contribution in [-0.2, 0) is 14.6 Å². The molecule has 0 radical (unpaired) electrons. The summed E-state index contributed by atoms with van der Waals surface area (Å²) >= 11 is 0. The molecule has 1 atom stereocenters. The zero-order valence-corrected chi connectivity index (χ0v) is 13.6. The van der Waals surface area contributed by atoms with Crippen LogP contribution in [0.2, 0.25) is 0 Å². The molecule has 2 rings (SSSR count). The summed E-state index contributed by atoms with van der Waals surface area (Å²) in [5, 5.41) is 10.9. The molecule has 0 aromatic carbocycles. The van der Waals surface area contributed by atoms with Crippen molar-refractivity contribution in [2.75, 3.05) is 25.2 Å². The summed E-state index contributed by atoms with van der Waals surface area (Å²) < 4.78 is 28.1. The minimum atomic E-state index is -3.10. The third-order valence-electron chi connectivity index (χ3n) is 3.65. The van der Waals surface area contributed by atoms with Crippen molar-refractivity contribution >= 4 is 21.6 Å². The van der Waals surface area contributed by atoms with Crippen molar-refractivity contribution in [2.45, 2.75) is 19.4 Å². The first-order valence-electron chi connectivity index (χ1n) is 6.90. The Kier molecular flexibility index (Phi) is 4.83. The molecular weight excluding hydrogens is 326 g/mol. The van der Waals surface area contributed by atoms with Crippen molar-refractivity contribution in [1.82, 2.24) is 9.88 Å². The lowest BCUT2D eigenvalue weighted by atomic mass is 10.2. The maximum Gasteiger partial charge on any atom is 0.406 e. The van der Waals surface area contributed by atoms with E-state index in [0.717, 1.165) is 0 Å². The highest BCUT2D eigenvalue weighted by atomic mass is 32.2. The van der Waals surface area contributed by atoms with Crippen LogP contribution in [0.25, 0.3) is 0 Å². The van der Waals surface area contributed by atoms with Crippen molar-refractivity contribution in [3.05, 3.63) is 27.9 Å². The standard InChI is InChI=1S/C13H17N3O6S/c1-9-3-4-11(13(14-9)16(18)19)22-7-12(17)15(2)10-5-6-23(20,21)8-10/h3-4,10H,5-8H2,1-2H3/t10-/m0/s1. The third kappa shape index (κ3) is 4.15. The molecule has 1 aromatic heterocycles. The van der Waals surface area contributed by atoms with Crippen LogP contribution >= 0.6 is 0 Å². The van der Waals surface area contributed by atoms with Crippen molar-refractivity contribution in [2.24, 2.45) is 0 Å². The molecule has 2 heterocycles. The monoisotopic (exact) mass is 343 g/mol. The lowest BCUT2D eigenvalue weighted by Crippen LogP contribution is -2.40. The number of sulfone groups is 1. The Morgan fingerprint density at radius 2 is 2.22 bits per heavy atom. The number of rotatable bonds is 5. The maximum absolute atomic E-state index is 12.1. The molecule has 126 valence electrons. The van der Waals surface area contributed by atoms with Crippen LogP contribution in [0, 0.1) is 17.0 Å². The molecule has 0 bridgehead atoms. The molecule has 9 nitrogen and oxygen atoms in total. The largest absolute Gasteiger partial charge is 0.476 e. The molecule has 0 spiro atoms. The fourth-order valence-corrected chi connectivity index (χ4v) is 4.07. The van der Waals surface area contributed by atoms with Crippen LogP contribution in [0.4, 0.5) is 5.82 Å². The number of hydrogen-bond acceptors (Lipinski definition) is 7. The highest BCUT2D eigenvalue weighted by Crippen LogP contribution is 2.24. The van der Waals surface area contributed by atoms with Gasteiger partial charge in [0.05, 0.1) is 11.5 Å². The average molecular weight is 343 g/mol.